The number of aliphatic hydroxyl groups is 1. The van der Waals surface area contributed by atoms with E-state index in [1.807, 2.05) is 6.92 Å². The minimum absolute atomic E-state index is 0.0557. The van der Waals surface area contributed by atoms with Crippen LogP contribution in [0.15, 0.2) is 30.3 Å². The summed E-state index contributed by atoms with van der Waals surface area (Å²) >= 11 is 0. The summed E-state index contributed by atoms with van der Waals surface area (Å²) in [6, 6.07) is 8.62. The highest BCUT2D eigenvalue weighted by Crippen LogP contribution is 2.42. The first-order chi connectivity index (χ1) is 17.8. The highest BCUT2D eigenvalue weighted by molar-refractivity contribution is 7.92. The normalized spacial score (nSPS) is 19.9. The maximum Gasteiger partial charge on any atom is 0.318 e. The maximum atomic E-state index is 13.7. The number of carbonyl (C=O) groups excluding carboxylic acids is 1. The number of carbonyl (C=O) groups is 1. The molecule has 4 rings (SSSR count). The second-order valence-corrected chi connectivity index (χ2v) is 11.8. The van der Waals surface area contributed by atoms with Gasteiger partial charge in [-0.2, -0.15) is 0 Å². The van der Waals surface area contributed by atoms with Crippen molar-refractivity contribution in [2.24, 2.45) is 0 Å². The molecule has 2 amide bonds. The zero-order valence-electron chi connectivity index (χ0n) is 21.3. The van der Waals surface area contributed by atoms with Crippen molar-refractivity contribution in [3.63, 3.8) is 0 Å². The minimum atomic E-state index is -3.67. The smallest absolute Gasteiger partial charge is 0.318 e. The van der Waals surface area contributed by atoms with Crippen LogP contribution in [0.1, 0.15) is 31.9 Å². The van der Waals surface area contributed by atoms with Gasteiger partial charge in [-0.1, -0.05) is 0 Å². The van der Waals surface area contributed by atoms with Gasteiger partial charge in [0.25, 0.3) is 0 Å². The van der Waals surface area contributed by atoms with Gasteiger partial charge in [-0.15, -0.1) is 0 Å². The van der Waals surface area contributed by atoms with Gasteiger partial charge in [0.15, 0.2) is 15.7 Å². The van der Waals surface area contributed by atoms with Crippen LogP contribution in [0.2, 0.25) is 0 Å². The summed E-state index contributed by atoms with van der Waals surface area (Å²) in [5, 5.41) is 14.6. The van der Waals surface area contributed by atoms with Crippen LogP contribution >= 0.6 is 0 Å². The van der Waals surface area contributed by atoms with E-state index in [4.69, 9.17) is 19.4 Å². The first-order valence-electron chi connectivity index (χ1n) is 12.5. The number of amides is 2. The molecule has 2 aliphatic rings. The van der Waals surface area contributed by atoms with Crippen molar-refractivity contribution >= 4 is 27.4 Å². The SMILES string of the molecule is CNC(=O)Nc1ccc(-c2nc(N3CCOC[C@@H]3C)cc(C3(S(=O)(=O)CCCO)CCOCC3)n2)cc1. The molecule has 202 valence electrons. The minimum Gasteiger partial charge on any atom is -0.396 e. The van der Waals surface area contributed by atoms with Gasteiger partial charge in [-0.3, -0.25) is 0 Å². The first-order valence-corrected chi connectivity index (χ1v) is 14.2. The van der Waals surface area contributed by atoms with Crippen LogP contribution in [0.4, 0.5) is 16.3 Å². The Morgan fingerprint density at radius 1 is 1.16 bits per heavy atom. The zero-order valence-corrected chi connectivity index (χ0v) is 22.1. The lowest BCUT2D eigenvalue weighted by atomic mass is 9.94. The van der Waals surface area contributed by atoms with Crippen molar-refractivity contribution in [1.82, 2.24) is 15.3 Å². The molecule has 1 aromatic carbocycles. The third kappa shape index (κ3) is 5.87. The van der Waals surface area contributed by atoms with Gasteiger partial charge in [-0.25, -0.2) is 23.2 Å². The molecule has 2 aliphatic heterocycles. The van der Waals surface area contributed by atoms with E-state index in [9.17, 15) is 18.3 Å². The molecular formula is C25H35N5O6S. The Balaban J connectivity index is 1.83. The first kappa shape index (κ1) is 27.2. The molecule has 0 unspecified atom stereocenters. The molecule has 2 aromatic rings. The van der Waals surface area contributed by atoms with Crippen molar-refractivity contribution < 1.29 is 27.8 Å². The summed E-state index contributed by atoms with van der Waals surface area (Å²) in [5.41, 5.74) is 1.75. The number of rotatable bonds is 8. The second-order valence-electron chi connectivity index (χ2n) is 9.34. The molecular weight excluding hydrogens is 498 g/mol. The fraction of sp³-hybridized carbons (Fsp3) is 0.560. The molecule has 37 heavy (non-hydrogen) atoms. The Hall–Kier alpha value is -2.80. The van der Waals surface area contributed by atoms with Crippen molar-refractivity contribution in [2.75, 3.05) is 62.6 Å². The topological polar surface area (TPSA) is 143 Å². The van der Waals surface area contributed by atoms with Crippen LogP contribution in [-0.2, 0) is 24.1 Å². The molecule has 1 aromatic heterocycles. The standard InChI is InChI=1S/C25H35N5O6S/c1-18-17-36-14-10-30(18)22-16-21(25(8-12-35-13-9-25)37(33,34)15-3-11-31)28-23(29-22)19-4-6-20(7-5-19)27-24(32)26-2/h4-7,16,18,31H,3,8-15,17H2,1-2H3,(H2,26,27,32)/t18-/m0/s1. The van der Waals surface area contributed by atoms with Gasteiger partial charge in [0.05, 0.1) is 30.7 Å². The van der Waals surface area contributed by atoms with E-state index in [1.165, 1.54) is 7.05 Å². The van der Waals surface area contributed by atoms with Gasteiger partial charge >= 0.3 is 6.03 Å². The van der Waals surface area contributed by atoms with E-state index in [0.717, 1.165) is 0 Å². The van der Waals surface area contributed by atoms with Crippen LogP contribution in [0, 0.1) is 0 Å². The summed E-state index contributed by atoms with van der Waals surface area (Å²) in [6.45, 7) is 4.17. The van der Waals surface area contributed by atoms with Crippen LogP contribution < -0.4 is 15.5 Å². The van der Waals surface area contributed by atoms with E-state index in [-0.39, 0.29) is 43.7 Å². The average Bonchev–Trinajstić information content (AvgIpc) is 2.92. The van der Waals surface area contributed by atoms with Crippen LogP contribution in [0.3, 0.4) is 0 Å². The van der Waals surface area contributed by atoms with Gasteiger partial charge in [0.1, 0.15) is 10.6 Å². The lowest BCUT2D eigenvalue weighted by molar-refractivity contribution is 0.0729. The van der Waals surface area contributed by atoms with Crippen molar-refractivity contribution in [3.05, 3.63) is 36.0 Å². The summed E-state index contributed by atoms with van der Waals surface area (Å²) in [7, 11) is -2.13. The number of nitrogens with zero attached hydrogens (tertiary/aromatic N) is 3. The molecule has 3 heterocycles. The Bertz CT molecular complexity index is 1180. The Morgan fingerprint density at radius 2 is 1.89 bits per heavy atom. The number of benzene rings is 1. The van der Waals surface area contributed by atoms with E-state index in [1.54, 1.807) is 30.3 Å². The summed E-state index contributed by atoms with van der Waals surface area (Å²) in [5.74, 6) is 0.916. The number of morpholine rings is 1. The van der Waals surface area contributed by atoms with Gasteiger partial charge < -0.3 is 30.1 Å². The molecule has 11 nitrogen and oxygen atoms in total. The van der Waals surface area contributed by atoms with E-state index in [0.29, 0.717) is 61.6 Å². The predicted octanol–water partition coefficient (Wildman–Crippen LogP) is 1.92. The third-order valence-corrected chi connectivity index (χ3v) is 9.57. The summed E-state index contributed by atoms with van der Waals surface area (Å²) in [4.78, 5) is 23.5. The molecule has 0 saturated carbocycles. The Morgan fingerprint density at radius 3 is 2.54 bits per heavy atom. The number of aromatic nitrogens is 2. The third-order valence-electron chi connectivity index (χ3n) is 6.94. The zero-order chi connectivity index (χ0) is 26.5. The quantitative estimate of drug-likeness (QED) is 0.464. The molecule has 2 saturated heterocycles. The molecule has 2 fully saturated rings. The number of sulfone groups is 1. The molecule has 0 bridgehead atoms. The number of nitrogens with one attached hydrogen (secondary N) is 2. The van der Waals surface area contributed by atoms with E-state index < -0.39 is 14.6 Å². The van der Waals surface area contributed by atoms with Crippen LogP contribution in [0.25, 0.3) is 11.4 Å². The van der Waals surface area contributed by atoms with Crippen LogP contribution in [-0.4, -0.2) is 87.9 Å². The molecule has 3 N–H and O–H groups in total. The second kappa shape index (κ2) is 11.7. The highest BCUT2D eigenvalue weighted by atomic mass is 32.2. The molecule has 0 radical (unpaired) electrons. The van der Waals surface area contributed by atoms with Crippen molar-refractivity contribution in [1.29, 1.82) is 0 Å². The lowest BCUT2D eigenvalue weighted by Gasteiger charge is -2.38. The van der Waals surface area contributed by atoms with Gasteiger partial charge in [0.2, 0.25) is 0 Å². The fourth-order valence-electron chi connectivity index (χ4n) is 4.79. The maximum absolute atomic E-state index is 13.7. The number of hydrogen-bond donors (Lipinski definition) is 3. The molecule has 1 atom stereocenters. The Labute approximate surface area is 217 Å². The number of ether oxygens (including phenoxy) is 2. The van der Waals surface area contributed by atoms with Crippen molar-refractivity contribution in [3.8, 4) is 11.4 Å². The van der Waals surface area contributed by atoms with Crippen molar-refractivity contribution in [2.45, 2.75) is 37.0 Å². The van der Waals surface area contributed by atoms with E-state index >= 15 is 0 Å². The molecule has 0 aliphatic carbocycles. The summed E-state index contributed by atoms with van der Waals surface area (Å²) < 4.78 is 37.4. The number of aliphatic hydroxyl groups excluding tert-OH is 1. The summed E-state index contributed by atoms with van der Waals surface area (Å²) in [6.07, 6.45) is 0.727. The number of anilines is 2. The van der Waals surface area contributed by atoms with Gasteiger partial charge in [-0.05, 0) is 50.5 Å². The monoisotopic (exact) mass is 533 g/mol. The lowest BCUT2D eigenvalue weighted by Crippen LogP contribution is -2.46. The molecule has 0 spiro atoms. The van der Waals surface area contributed by atoms with Crippen LogP contribution in [0.5, 0.6) is 0 Å². The largest absolute Gasteiger partial charge is 0.396 e. The predicted molar refractivity (Wildman–Crippen MR) is 140 cm³/mol. The highest BCUT2D eigenvalue weighted by Gasteiger charge is 2.48. The average molecular weight is 534 g/mol. The Kier molecular flexibility index (Phi) is 8.63. The number of urea groups is 1. The molecule has 12 heteroatoms. The van der Waals surface area contributed by atoms with Gasteiger partial charge in [0, 0.05) is 50.7 Å². The van der Waals surface area contributed by atoms with E-state index in [2.05, 4.69) is 15.5 Å². The fourth-order valence-corrected chi connectivity index (χ4v) is 6.90. The number of hydrogen-bond acceptors (Lipinski definition) is 9.